The molecule has 2 atom stereocenters. The number of halogens is 6. The van der Waals surface area contributed by atoms with E-state index in [0.29, 0.717) is 37.6 Å². The molecule has 1 heterocycles. The third-order valence-corrected chi connectivity index (χ3v) is 5.60. The lowest BCUT2D eigenvalue weighted by Crippen LogP contribution is -2.38. The average molecular weight is 430 g/mol. The lowest BCUT2D eigenvalue weighted by molar-refractivity contribution is -0.138. The molecule has 0 amide bonds. The molecule has 1 fully saturated rings. The summed E-state index contributed by atoms with van der Waals surface area (Å²) in [5, 5.41) is 0. The Morgan fingerprint density at radius 3 is 2.47 bits per heavy atom. The fraction of sp³-hybridized carbons (Fsp3) is 0.455. The first-order valence-corrected chi connectivity index (χ1v) is 9.92. The predicted octanol–water partition coefficient (Wildman–Crippen LogP) is 5.26. The molecule has 1 saturated heterocycles. The number of nitrogens with two attached hydrogens (primary N) is 1. The van der Waals surface area contributed by atoms with Crippen LogP contribution in [0.15, 0.2) is 36.4 Å². The molecule has 3 rings (SSSR count). The molecule has 8 heteroatoms. The van der Waals surface area contributed by atoms with Crippen molar-refractivity contribution in [3.8, 4) is 0 Å². The molecule has 30 heavy (non-hydrogen) atoms. The van der Waals surface area contributed by atoms with Gasteiger partial charge in [-0.1, -0.05) is 18.2 Å². The molecular weight excluding hydrogens is 406 g/mol. The molecule has 1 aliphatic heterocycles. The highest BCUT2D eigenvalue weighted by atomic mass is 19.4. The molecule has 2 aromatic rings. The number of hydrogen-bond donors (Lipinski definition) is 1. The van der Waals surface area contributed by atoms with Gasteiger partial charge in [0.2, 0.25) is 0 Å². The Balaban J connectivity index is 1.59. The molecule has 0 aromatic heterocycles. The number of benzene rings is 2. The second-order valence-electron chi connectivity index (χ2n) is 7.84. The van der Waals surface area contributed by atoms with Crippen LogP contribution in [-0.4, -0.2) is 30.6 Å². The minimum absolute atomic E-state index is 0.0111. The number of likely N-dealkylation sites (tertiary alicyclic amines) is 1. The van der Waals surface area contributed by atoms with Crippen LogP contribution < -0.4 is 5.73 Å². The topological polar surface area (TPSA) is 29.3 Å². The van der Waals surface area contributed by atoms with E-state index in [9.17, 15) is 26.3 Å². The van der Waals surface area contributed by atoms with E-state index in [1.165, 1.54) is 12.1 Å². The van der Waals surface area contributed by atoms with E-state index >= 15 is 0 Å². The summed E-state index contributed by atoms with van der Waals surface area (Å²) >= 11 is 0. The summed E-state index contributed by atoms with van der Waals surface area (Å²) in [6.45, 7) is 1.77. The zero-order valence-corrected chi connectivity index (χ0v) is 16.4. The van der Waals surface area contributed by atoms with Gasteiger partial charge in [-0.2, -0.15) is 13.2 Å². The summed E-state index contributed by atoms with van der Waals surface area (Å²) < 4.78 is 80.2. The van der Waals surface area contributed by atoms with Gasteiger partial charge in [-0.05, 0) is 68.0 Å². The van der Waals surface area contributed by atoms with Crippen molar-refractivity contribution in [1.29, 1.82) is 0 Å². The molecule has 0 bridgehead atoms. The van der Waals surface area contributed by atoms with Crippen molar-refractivity contribution in [2.45, 2.75) is 43.8 Å². The normalized spacial score (nSPS) is 19.1. The van der Waals surface area contributed by atoms with Crippen LogP contribution in [-0.2, 0) is 12.6 Å². The third kappa shape index (κ3) is 5.55. The van der Waals surface area contributed by atoms with Gasteiger partial charge in [0.25, 0.3) is 0 Å². The van der Waals surface area contributed by atoms with E-state index in [1.54, 1.807) is 6.07 Å². The van der Waals surface area contributed by atoms with Gasteiger partial charge in [0, 0.05) is 18.7 Å². The minimum Gasteiger partial charge on any atom is -0.327 e. The van der Waals surface area contributed by atoms with Gasteiger partial charge < -0.3 is 10.6 Å². The molecule has 2 aromatic carbocycles. The highest BCUT2D eigenvalue weighted by Crippen LogP contribution is 2.38. The van der Waals surface area contributed by atoms with Crippen molar-refractivity contribution in [2.24, 2.45) is 5.73 Å². The maximum atomic E-state index is 13.8. The Labute approximate surface area is 171 Å². The Bertz CT molecular complexity index is 867. The molecule has 2 nitrogen and oxygen atoms in total. The molecule has 0 saturated carbocycles. The molecule has 0 aliphatic carbocycles. The lowest BCUT2D eigenvalue weighted by atomic mass is 9.87. The van der Waals surface area contributed by atoms with Crippen molar-refractivity contribution in [3.63, 3.8) is 0 Å². The van der Waals surface area contributed by atoms with Crippen LogP contribution in [0.4, 0.5) is 26.3 Å². The first kappa shape index (κ1) is 22.6. The number of alkyl halides is 3. The van der Waals surface area contributed by atoms with Crippen LogP contribution in [0.5, 0.6) is 0 Å². The van der Waals surface area contributed by atoms with Gasteiger partial charge >= 0.3 is 6.18 Å². The average Bonchev–Trinajstić information content (AvgIpc) is 2.70. The minimum atomic E-state index is -4.39. The molecule has 2 unspecified atom stereocenters. The van der Waals surface area contributed by atoms with Crippen LogP contribution >= 0.6 is 0 Å². The van der Waals surface area contributed by atoms with Gasteiger partial charge in [0.1, 0.15) is 5.82 Å². The smallest absolute Gasteiger partial charge is 0.327 e. The predicted molar refractivity (Wildman–Crippen MR) is 102 cm³/mol. The zero-order valence-electron chi connectivity index (χ0n) is 16.4. The van der Waals surface area contributed by atoms with Crippen LogP contribution in [0.3, 0.4) is 0 Å². The van der Waals surface area contributed by atoms with Crippen LogP contribution in [0.2, 0.25) is 0 Å². The monoisotopic (exact) mass is 430 g/mol. The molecular formula is C22H24F6N2. The van der Waals surface area contributed by atoms with Gasteiger partial charge in [-0.3, -0.25) is 0 Å². The zero-order chi connectivity index (χ0) is 21.9. The van der Waals surface area contributed by atoms with Crippen molar-refractivity contribution in [3.05, 3.63) is 70.5 Å². The molecule has 1 aliphatic rings. The Hall–Kier alpha value is -2.06. The second kappa shape index (κ2) is 9.39. The van der Waals surface area contributed by atoms with Crippen LogP contribution in [0.1, 0.15) is 41.9 Å². The van der Waals surface area contributed by atoms with Crippen molar-refractivity contribution < 1.29 is 26.3 Å². The fourth-order valence-corrected chi connectivity index (χ4v) is 4.08. The standard InChI is InChI=1S/C22H24F6N2/c23-19-12-21(25)20(24)11-15(19)10-16(29)7-9-30-8-3-4-14(13-30)17-5-1-2-6-18(17)22(26,27)28/h1-2,5-6,11-12,14,16H,3-4,7-10,13,29H2. The number of piperidine rings is 1. The first-order chi connectivity index (χ1) is 14.1. The summed E-state index contributed by atoms with van der Waals surface area (Å²) in [6, 6.07) is 6.50. The van der Waals surface area contributed by atoms with E-state index in [2.05, 4.69) is 4.90 Å². The first-order valence-electron chi connectivity index (χ1n) is 9.92. The van der Waals surface area contributed by atoms with Gasteiger partial charge in [-0.15, -0.1) is 0 Å². The lowest BCUT2D eigenvalue weighted by Gasteiger charge is -2.34. The summed E-state index contributed by atoms with van der Waals surface area (Å²) in [5.41, 5.74) is 5.77. The largest absolute Gasteiger partial charge is 0.416 e. The summed E-state index contributed by atoms with van der Waals surface area (Å²) in [5.74, 6) is -3.44. The fourth-order valence-electron chi connectivity index (χ4n) is 4.08. The maximum absolute atomic E-state index is 13.8. The van der Waals surface area contributed by atoms with E-state index in [1.807, 2.05) is 0 Å². The van der Waals surface area contributed by atoms with Gasteiger partial charge in [0.15, 0.2) is 11.6 Å². The van der Waals surface area contributed by atoms with E-state index in [0.717, 1.165) is 25.1 Å². The van der Waals surface area contributed by atoms with E-state index in [4.69, 9.17) is 5.73 Å². The maximum Gasteiger partial charge on any atom is 0.416 e. The van der Waals surface area contributed by atoms with Crippen molar-refractivity contribution in [2.75, 3.05) is 19.6 Å². The Morgan fingerprint density at radius 1 is 1.03 bits per heavy atom. The molecule has 164 valence electrons. The third-order valence-electron chi connectivity index (χ3n) is 5.60. The van der Waals surface area contributed by atoms with Crippen LogP contribution in [0.25, 0.3) is 0 Å². The Morgan fingerprint density at radius 2 is 1.73 bits per heavy atom. The summed E-state index contributed by atoms with van der Waals surface area (Å²) in [4.78, 5) is 2.06. The number of nitrogens with zero attached hydrogens (tertiary/aromatic N) is 1. The number of rotatable bonds is 6. The Kier molecular flexibility index (Phi) is 7.08. The van der Waals surface area contributed by atoms with Gasteiger partial charge in [-0.25, -0.2) is 13.2 Å². The molecule has 2 N–H and O–H groups in total. The van der Waals surface area contributed by atoms with Crippen molar-refractivity contribution in [1.82, 2.24) is 4.90 Å². The van der Waals surface area contributed by atoms with Crippen LogP contribution in [0, 0.1) is 17.5 Å². The van der Waals surface area contributed by atoms with E-state index < -0.39 is 35.2 Å². The molecule has 0 spiro atoms. The summed E-state index contributed by atoms with van der Waals surface area (Å²) in [6.07, 6.45) is -2.43. The highest BCUT2D eigenvalue weighted by molar-refractivity contribution is 5.33. The van der Waals surface area contributed by atoms with Gasteiger partial charge in [0.05, 0.1) is 5.56 Å². The second-order valence-corrected chi connectivity index (χ2v) is 7.84. The highest BCUT2D eigenvalue weighted by Gasteiger charge is 2.35. The summed E-state index contributed by atoms with van der Waals surface area (Å²) in [7, 11) is 0. The van der Waals surface area contributed by atoms with E-state index in [-0.39, 0.29) is 17.9 Å². The van der Waals surface area contributed by atoms with Crippen molar-refractivity contribution >= 4 is 0 Å². The SMILES string of the molecule is NC(CCN1CCCC(c2ccccc2C(F)(F)F)C1)Cc1cc(F)c(F)cc1F. The molecule has 0 radical (unpaired) electrons. The number of hydrogen-bond acceptors (Lipinski definition) is 2. The quantitative estimate of drug-likeness (QED) is 0.500.